The largest absolute Gasteiger partial charge is 0.464 e. The first-order valence-corrected chi connectivity index (χ1v) is 24.7. The molecule has 376 valence electrons. The molecule has 1 saturated carbocycles. The number of carbonyl (C=O) groups is 7. The van der Waals surface area contributed by atoms with Gasteiger partial charge in [-0.15, -0.1) is 0 Å². The topological polar surface area (TPSA) is 201 Å². The van der Waals surface area contributed by atoms with Crippen molar-refractivity contribution in [3.05, 3.63) is 47.6 Å². The lowest BCUT2D eigenvalue weighted by Gasteiger charge is -2.33. The summed E-state index contributed by atoms with van der Waals surface area (Å²) in [6.07, 6.45) is 20.7. The maximum atomic E-state index is 13.2. The third kappa shape index (κ3) is 22.1. The van der Waals surface area contributed by atoms with Crippen LogP contribution >= 0.6 is 0 Å². The van der Waals surface area contributed by atoms with Crippen molar-refractivity contribution in [2.45, 2.75) is 180 Å². The number of piperidine rings is 1. The Morgan fingerprint density at radius 2 is 1.58 bits per heavy atom. The molecule has 0 spiro atoms. The van der Waals surface area contributed by atoms with E-state index in [2.05, 4.69) is 5.32 Å². The molecule has 3 aliphatic rings. The smallest absolute Gasteiger partial charge is 0.407 e. The monoisotopic (exact) mass is 941 g/mol. The van der Waals surface area contributed by atoms with Crippen LogP contribution in [-0.4, -0.2) is 129 Å². The van der Waals surface area contributed by atoms with Gasteiger partial charge in [-0.2, -0.15) is 0 Å². The summed E-state index contributed by atoms with van der Waals surface area (Å²) in [5.74, 6) is -1.49. The number of likely N-dealkylation sites (tertiary alicyclic amines) is 1. The summed E-state index contributed by atoms with van der Waals surface area (Å²) in [5, 5.41) is 13.5. The SMILES string of the molecule is COC(CC1CCCC(C(=O)C(=O)N2CCCCC2)O1)/C(C)=C/C=C/C=C/CCC(C)C(=O)CC(O)/C(C)=C/C(C)C(=O)CC(CCC1CCC(OC(=O)NCCOCCC=O)CC1)OC=O. The molecular weight excluding hydrogens is 861 g/mol. The molecule has 0 radical (unpaired) electrons. The third-order valence-electron chi connectivity index (χ3n) is 13.3. The van der Waals surface area contributed by atoms with Crippen molar-refractivity contribution < 1.29 is 62.4 Å². The molecule has 67 heavy (non-hydrogen) atoms. The van der Waals surface area contributed by atoms with Gasteiger partial charge in [-0.05, 0) is 121 Å². The molecule has 1 aliphatic carbocycles. The van der Waals surface area contributed by atoms with Crippen LogP contribution in [0, 0.1) is 17.8 Å². The lowest BCUT2D eigenvalue weighted by Crippen LogP contribution is -2.46. The molecule has 2 saturated heterocycles. The molecule has 0 aromatic heterocycles. The van der Waals surface area contributed by atoms with Crippen LogP contribution in [0.5, 0.6) is 0 Å². The highest BCUT2D eigenvalue weighted by Crippen LogP contribution is 2.31. The fourth-order valence-corrected chi connectivity index (χ4v) is 8.89. The summed E-state index contributed by atoms with van der Waals surface area (Å²) >= 11 is 0. The maximum Gasteiger partial charge on any atom is 0.407 e. The Bertz CT molecular complexity index is 1680. The summed E-state index contributed by atoms with van der Waals surface area (Å²) in [5.41, 5.74) is 1.55. The van der Waals surface area contributed by atoms with E-state index < -0.39 is 42.0 Å². The van der Waals surface area contributed by atoms with E-state index in [9.17, 15) is 38.7 Å². The number of alkyl carbamates (subject to hydrolysis) is 1. The lowest BCUT2D eigenvalue weighted by atomic mass is 9.83. The van der Waals surface area contributed by atoms with Crippen molar-refractivity contribution in [3.63, 3.8) is 0 Å². The number of Topliss-reactive ketones (excluding diaryl/α,β-unsaturated/α-hetero) is 3. The van der Waals surface area contributed by atoms with Gasteiger partial charge in [0.25, 0.3) is 12.4 Å². The number of hydrogen-bond acceptors (Lipinski definition) is 13. The molecule has 15 nitrogen and oxygen atoms in total. The van der Waals surface area contributed by atoms with Crippen LogP contribution in [0.15, 0.2) is 47.6 Å². The zero-order valence-corrected chi connectivity index (χ0v) is 40.9. The van der Waals surface area contributed by atoms with E-state index in [0.29, 0.717) is 89.3 Å². The van der Waals surface area contributed by atoms with E-state index in [-0.39, 0.29) is 48.6 Å². The molecule has 2 heterocycles. The first-order valence-electron chi connectivity index (χ1n) is 24.7. The first-order chi connectivity index (χ1) is 32.3. The van der Waals surface area contributed by atoms with Crippen molar-refractivity contribution in [2.24, 2.45) is 17.8 Å². The average molecular weight is 941 g/mol. The molecule has 7 unspecified atom stereocenters. The van der Waals surface area contributed by atoms with Gasteiger partial charge >= 0.3 is 6.09 Å². The number of aliphatic hydroxyl groups is 1. The predicted octanol–water partition coefficient (Wildman–Crippen LogP) is 7.46. The Hall–Kier alpha value is -4.31. The molecule has 3 fully saturated rings. The summed E-state index contributed by atoms with van der Waals surface area (Å²) in [4.78, 5) is 87.4. The van der Waals surface area contributed by atoms with E-state index >= 15 is 0 Å². The van der Waals surface area contributed by atoms with Crippen LogP contribution in [0.2, 0.25) is 0 Å². The van der Waals surface area contributed by atoms with Crippen LogP contribution in [0.25, 0.3) is 0 Å². The normalized spacial score (nSPS) is 22.9. The van der Waals surface area contributed by atoms with Gasteiger partial charge in [-0.1, -0.05) is 50.3 Å². The second-order valence-corrected chi connectivity index (χ2v) is 18.6. The zero-order valence-electron chi connectivity index (χ0n) is 40.9. The number of allylic oxidation sites excluding steroid dienone is 6. The molecule has 3 rings (SSSR count). The molecule has 2 aliphatic heterocycles. The van der Waals surface area contributed by atoms with E-state index in [1.54, 1.807) is 31.9 Å². The number of carbonyl (C=O) groups excluding carboxylic acids is 7. The van der Waals surface area contributed by atoms with Gasteiger partial charge in [0.15, 0.2) is 0 Å². The summed E-state index contributed by atoms with van der Waals surface area (Å²) in [6.45, 7) is 9.87. The van der Waals surface area contributed by atoms with E-state index in [4.69, 9.17) is 23.7 Å². The van der Waals surface area contributed by atoms with E-state index in [0.717, 1.165) is 76.1 Å². The zero-order chi connectivity index (χ0) is 49.0. The standard InChI is InChI=1S/C52H80N2O13/c1-37(16-10-7-6-8-11-17-38(2)49(63-5)34-44-18-14-19-48(66-44)50(60)51(61)54-27-12-9-13-28-54)46(58)35-47(59)40(4)32-39(3)45(57)33-43(65-36-56)25-22-41-20-23-42(24-21-41)67-52(62)53-26-31-64-30-15-29-55/h6-8,11,17,29,32,36-37,39,41-44,47-49,59H,9-10,12-16,18-28,30-31,33-35H2,1-5H3,(H,53,62)/b7-6+,11-8+,38-17+,40-32+. The van der Waals surface area contributed by atoms with Crippen molar-refractivity contribution in [1.29, 1.82) is 0 Å². The van der Waals surface area contributed by atoms with Crippen LogP contribution < -0.4 is 5.32 Å². The second kappa shape index (κ2) is 32.4. The number of nitrogens with zero attached hydrogens (tertiary/aromatic N) is 1. The summed E-state index contributed by atoms with van der Waals surface area (Å²) in [7, 11) is 1.66. The molecule has 2 amide bonds. The molecule has 7 atom stereocenters. The number of methoxy groups -OCH3 is 1. The van der Waals surface area contributed by atoms with Crippen molar-refractivity contribution in [3.8, 4) is 0 Å². The Morgan fingerprint density at radius 3 is 2.28 bits per heavy atom. The highest BCUT2D eigenvalue weighted by molar-refractivity contribution is 6.37. The second-order valence-electron chi connectivity index (χ2n) is 18.6. The third-order valence-corrected chi connectivity index (χ3v) is 13.3. The van der Waals surface area contributed by atoms with Gasteiger partial charge in [0.2, 0.25) is 5.78 Å². The van der Waals surface area contributed by atoms with Crippen LogP contribution in [0.3, 0.4) is 0 Å². The van der Waals surface area contributed by atoms with Crippen LogP contribution in [0.4, 0.5) is 4.79 Å². The minimum absolute atomic E-state index is 0.0454. The number of aldehydes is 1. The number of ketones is 3. The van der Waals surface area contributed by atoms with Crippen molar-refractivity contribution in [2.75, 3.05) is 40.0 Å². The minimum Gasteiger partial charge on any atom is -0.464 e. The van der Waals surface area contributed by atoms with Gasteiger partial charge in [0.1, 0.15) is 36.2 Å². The lowest BCUT2D eigenvalue weighted by molar-refractivity contribution is -0.157. The molecular formula is C52H80N2O13. The van der Waals surface area contributed by atoms with E-state index in [1.807, 2.05) is 44.2 Å². The van der Waals surface area contributed by atoms with Gasteiger partial charge in [-0.3, -0.25) is 24.0 Å². The summed E-state index contributed by atoms with van der Waals surface area (Å²) < 4.78 is 28.0. The Balaban J connectivity index is 1.33. The Kier molecular flexibility index (Phi) is 27.6. The van der Waals surface area contributed by atoms with Crippen LogP contribution in [-0.2, 0) is 52.5 Å². The van der Waals surface area contributed by atoms with E-state index in [1.165, 1.54) is 0 Å². The van der Waals surface area contributed by atoms with Crippen LogP contribution in [0.1, 0.15) is 143 Å². The number of nitrogens with one attached hydrogen (secondary N) is 1. The molecule has 2 N–H and O–H groups in total. The first kappa shape index (κ1) is 57.0. The fraction of sp³-hybridized carbons (Fsp3) is 0.712. The average Bonchev–Trinajstić information content (AvgIpc) is 3.33. The number of amides is 2. The number of ether oxygens (including phenoxy) is 5. The highest BCUT2D eigenvalue weighted by atomic mass is 16.6. The summed E-state index contributed by atoms with van der Waals surface area (Å²) in [6, 6.07) is 0. The molecule has 0 aromatic carbocycles. The number of rotatable bonds is 31. The quantitative estimate of drug-likeness (QED) is 0.0228. The maximum absolute atomic E-state index is 13.2. The fourth-order valence-electron chi connectivity index (χ4n) is 8.89. The molecule has 15 heteroatoms. The van der Waals surface area contributed by atoms with Crippen molar-refractivity contribution >= 4 is 42.1 Å². The molecule has 0 bridgehead atoms. The number of aliphatic hydroxyl groups excluding tert-OH is 1. The Labute approximate surface area is 398 Å². The van der Waals surface area contributed by atoms with Gasteiger partial charge in [0, 0.05) is 64.3 Å². The van der Waals surface area contributed by atoms with Gasteiger partial charge in [-0.25, -0.2) is 4.79 Å². The highest BCUT2D eigenvalue weighted by Gasteiger charge is 2.35. The Morgan fingerprint density at radius 1 is 0.836 bits per heavy atom. The minimum atomic E-state index is -1.02. The number of hydrogen-bond donors (Lipinski definition) is 2. The van der Waals surface area contributed by atoms with Gasteiger partial charge in [0.05, 0.1) is 31.5 Å². The molecule has 0 aromatic rings. The van der Waals surface area contributed by atoms with Gasteiger partial charge < -0.3 is 43.8 Å². The van der Waals surface area contributed by atoms with Crippen molar-refractivity contribution in [1.82, 2.24) is 10.2 Å². The predicted molar refractivity (Wildman–Crippen MR) is 254 cm³/mol.